The molecule has 0 fully saturated rings. The van der Waals surface area contributed by atoms with Crippen molar-refractivity contribution in [2.45, 2.75) is 19.3 Å². The Labute approximate surface area is 139 Å². The predicted octanol–water partition coefficient (Wildman–Crippen LogP) is 3.51. The van der Waals surface area contributed by atoms with Gasteiger partial charge in [-0.25, -0.2) is 0 Å². The van der Waals surface area contributed by atoms with Crippen molar-refractivity contribution in [3.63, 3.8) is 0 Å². The molecule has 8 nitrogen and oxygen atoms in total. The summed E-state index contributed by atoms with van der Waals surface area (Å²) in [5.41, 5.74) is 0.905. The van der Waals surface area contributed by atoms with Gasteiger partial charge in [-0.2, -0.15) is 9.38 Å². The number of rotatable bonds is 3. The van der Waals surface area contributed by atoms with Crippen LogP contribution in [0.2, 0.25) is 0 Å². The van der Waals surface area contributed by atoms with Gasteiger partial charge in [-0.05, 0) is 22.5 Å². The van der Waals surface area contributed by atoms with E-state index in [2.05, 4.69) is 4.98 Å². The van der Waals surface area contributed by atoms with Gasteiger partial charge >= 0.3 is 17.7 Å². The minimum atomic E-state index is -0.539. The van der Waals surface area contributed by atoms with Crippen molar-refractivity contribution in [1.29, 1.82) is 0 Å². The first-order chi connectivity index (χ1) is 11.5. The third-order valence-corrected chi connectivity index (χ3v) is 4.56. The van der Waals surface area contributed by atoms with Gasteiger partial charge in [-0.3, -0.25) is 4.79 Å². The molecule has 1 atom stereocenters. The van der Waals surface area contributed by atoms with Gasteiger partial charge in [-0.15, -0.1) is 0 Å². The highest BCUT2D eigenvalue weighted by atomic mass is 32.1. The molecular formula is C15H11N3O5S. The number of thiazole rings is 1. The zero-order valence-corrected chi connectivity index (χ0v) is 13.3. The Hall–Kier alpha value is -2.94. The van der Waals surface area contributed by atoms with Crippen LogP contribution in [0.15, 0.2) is 29.8 Å². The molecule has 1 aliphatic rings. The van der Waals surface area contributed by atoms with E-state index in [1.807, 2.05) is 6.92 Å². The molecule has 0 radical (unpaired) electrons. The summed E-state index contributed by atoms with van der Waals surface area (Å²) in [7, 11) is 0. The Bertz CT molecular complexity index is 977. The molecule has 0 amide bonds. The predicted molar refractivity (Wildman–Crippen MR) is 84.9 cm³/mol. The second kappa shape index (κ2) is 5.31. The Balaban J connectivity index is 1.73. The maximum absolute atomic E-state index is 11.6. The van der Waals surface area contributed by atoms with Crippen LogP contribution in [0.25, 0.3) is 4.96 Å². The van der Waals surface area contributed by atoms with Gasteiger partial charge in [0.15, 0.2) is 0 Å². The van der Waals surface area contributed by atoms with Crippen LogP contribution in [0, 0.1) is 10.1 Å². The van der Waals surface area contributed by atoms with Gasteiger partial charge in [0.1, 0.15) is 17.7 Å². The molecule has 1 aromatic carbocycles. The fraction of sp³-hybridized carbons (Fsp3) is 0.200. The summed E-state index contributed by atoms with van der Waals surface area (Å²) >= 11 is 1.27. The van der Waals surface area contributed by atoms with Gasteiger partial charge in [0.2, 0.25) is 0 Å². The van der Waals surface area contributed by atoms with Crippen LogP contribution in [-0.2, 0) is 4.79 Å². The lowest BCUT2D eigenvalue weighted by Crippen LogP contribution is -2.18. The van der Waals surface area contributed by atoms with Crippen molar-refractivity contribution >= 4 is 28.1 Å². The number of hydrogen-bond donors (Lipinski definition) is 0. The van der Waals surface area contributed by atoms with Crippen LogP contribution in [-0.4, -0.2) is 20.3 Å². The third-order valence-electron chi connectivity index (χ3n) is 3.81. The molecule has 122 valence electrons. The van der Waals surface area contributed by atoms with E-state index in [4.69, 9.17) is 9.47 Å². The SMILES string of the molecule is CC1CC(=O)Oc2cc(Oc3nc4sccn4c3[N+](=O)[O-])ccc21. The largest absolute Gasteiger partial charge is 0.432 e. The van der Waals surface area contributed by atoms with Crippen LogP contribution in [0.1, 0.15) is 24.8 Å². The van der Waals surface area contributed by atoms with Gasteiger partial charge < -0.3 is 19.6 Å². The minimum Gasteiger partial charge on any atom is -0.432 e. The van der Waals surface area contributed by atoms with Gasteiger partial charge in [0.05, 0.1) is 6.42 Å². The van der Waals surface area contributed by atoms with Crippen LogP contribution in [0.4, 0.5) is 5.82 Å². The van der Waals surface area contributed by atoms with E-state index in [-0.39, 0.29) is 23.6 Å². The van der Waals surface area contributed by atoms with Crippen molar-refractivity contribution in [1.82, 2.24) is 9.38 Å². The number of imidazole rings is 1. The smallest absolute Gasteiger partial charge is 0.393 e. The lowest BCUT2D eigenvalue weighted by atomic mass is 9.95. The highest BCUT2D eigenvalue weighted by molar-refractivity contribution is 7.15. The zero-order valence-electron chi connectivity index (χ0n) is 12.5. The van der Waals surface area contributed by atoms with Gasteiger partial charge in [-0.1, -0.05) is 24.3 Å². The number of aromatic nitrogens is 2. The van der Waals surface area contributed by atoms with E-state index in [1.54, 1.807) is 29.8 Å². The van der Waals surface area contributed by atoms with Crippen molar-refractivity contribution < 1.29 is 19.2 Å². The summed E-state index contributed by atoms with van der Waals surface area (Å²) in [5, 5.41) is 13.0. The summed E-state index contributed by atoms with van der Waals surface area (Å²) < 4.78 is 12.2. The fourth-order valence-corrected chi connectivity index (χ4v) is 3.40. The van der Waals surface area contributed by atoms with Crippen LogP contribution in [0.5, 0.6) is 17.4 Å². The molecule has 1 unspecified atom stereocenters. The van der Waals surface area contributed by atoms with Gasteiger partial charge in [0.25, 0.3) is 4.96 Å². The molecule has 0 aliphatic carbocycles. The topological polar surface area (TPSA) is 96.0 Å². The maximum Gasteiger partial charge on any atom is 0.393 e. The maximum atomic E-state index is 11.6. The Morgan fingerprint density at radius 1 is 1.50 bits per heavy atom. The first-order valence-electron chi connectivity index (χ1n) is 7.15. The van der Waals surface area contributed by atoms with Crippen LogP contribution in [0.3, 0.4) is 0 Å². The normalized spacial score (nSPS) is 16.7. The van der Waals surface area contributed by atoms with Crippen molar-refractivity contribution in [3.8, 4) is 17.4 Å². The standard InChI is InChI=1S/C15H11N3O5S/c1-8-6-12(19)23-11-7-9(2-3-10(8)11)22-13-14(18(20)21)17-4-5-24-15(17)16-13/h2-5,7-8H,6H2,1H3. The molecule has 24 heavy (non-hydrogen) atoms. The van der Waals surface area contributed by atoms with E-state index in [1.165, 1.54) is 15.7 Å². The summed E-state index contributed by atoms with van der Waals surface area (Å²) in [6.07, 6.45) is 1.89. The monoisotopic (exact) mass is 345 g/mol. The van der Waals surface area contributed by atoms with E-state index in [0.29, 0.717) is 22.9 Å². The molecule has 0 bridgehead atoms. The molecule has 0 N–H and O–H groups in total. The number of ether oxygens (including phenoxy) is 2. The Morgan fingerprint density at radius 2 is 2.33 bits per heavy atom. The Morgan fingerprint density at radius 3 is 3.12 bits per heavy atom. The summed E-state index contributed by atoms with van der Waals surface area (Å²) in [5.74, 6) is 0.156. The minimum absolute atomic E-state index is 0.0579. The van der Waals surface area contributed by atoms with Gasteiger partial charge in [0, 0.05) is 11.4 Å². The molecule has 4 rings (SSSR count). The lowest BCUT2D eigenvalue weighted by molar-refractivity contribution is -0.391. The Kier molecular flexibility index (Phi) is 3.24. The number of hydrogen-bond acceptors (Lipinski definition) is 7. The number of nitrogens with zero attached hydrogens (tertiary/aromatic N) is 3. The van der Waals surface area contributed by atoms with E-state index < -0.39 is 4.92 Å². The summed E-state index contributed by atoms with van der Waals surface area (Å²) in [6.45, 7) is 1.94. The van der Waals surface area contributed by atoms with Crippen molar-refractivity contribution in [2.24, 2.45) is 0 Å². The zero-order chi connectivity index (χ0) is 16.8. The molecule has 1 aliphatic heterocycles. The second-order valence-electron chi connectivity index (χ2n) is 5.43. The number of carbonyl (C=O) groups is 1. The number of benzene rings is 1. The first-order valence-corrected chi connectivity index (χ1v) is 8.03. The molecule has 2 aromatic heterocycles. The van der Waals surface area contributed by atoms with Crippen LogP contribution >= 0.6 is 11.3 Å². The molecular weight excluding hydrogens is 334 g/mol. The quantitative estimate of drug-likeness (QED) is 0.312. The van der Waals surface area contributed by atoms with Crippen molar-refractivity contribution in [3.05, 3.63) is 45.5 Å². The average molecular weight is 345 g/mol. The number of fused-ring (bicyclic) bond motifs is 2. The third kappa shape index (κ3) is 2.29. The highest BCUT2D eigenvalue weighted by Gasteiger charge is 2.27. The molecule has 0 saturated heterocycles. The average Bonchev–Trinajstić information content (AvgIpc) is 3.06. The molecule has 3 aromatic rings. The summed E-state index contributed by atoms with van der Waals surface area (Å²) in [4.78, 5) is 26.9. The van der Waals surface area contributed by atoms with Crippen LogP contribution < -0.4 is 9.47 Å². The summed E-state index contributed by atoms with van der Waals surface area (Å²) in [6, 6.07) is 5.04. The molecule has 0 saturated carbocycles. The number of carbonyl (C=O) groups excluding carboxylic acids is 1. The van der Waals surface area contributed by atoms with E-state index >= 15 is 0 Å². The van der Waals surface area contributed by atoms with E-state index in [0.717, 1.165) is 5.56 Å². The van der Waals surface area contributed by atoms with E-state index in [9.17, 15) is 14.9 Å². The molecule has 3 heterocycles. The molecule has 0 spiro atoms. The first kappa shape index (κ1) is 14.6. The van der Waals surface area contributed by atoms with Crippen molar-refractivity contribution in [2.75, 3.05) is 0 Å². The lowest BCUT2D eigenvalue weighted by Gasteiger charge is -2.21. The number of nitro groups is 1. The molecule has 9 heteroatoms. The number of esters is 1. The second-order valence-corrected chi connectivity index (χ2v) is 6.31. The fourth-order valence-electron chi connectivity index (χ4n) is 2.70. The highest BCUT2D eigenvalue weighted by Crippen LogP contribution is 2.39.